The molecule has 0 spiro atoms. The smallest absolute Gasteiger partial charge is 0.138 e. The highest BCUT2D eigenvalue weighted by molar-refractivity contribution is 5.83. The van der Waals surface area contributed by atoms with Crippen molar-refractivity contribution in [2.45, 2.75) is 6.92 Å². The van der Waals surface area contributed by atoms with Gasteiger partial charge in [0.05, 0.1) is 25.1 Å². The zero-order valence-electron chi connectivity index (χ0n) is 11.7. The van der Waals surface area contributed by atoms with Gasteiger partial charge in [-0.1, -0.05) is 29.8 Å². The van der Waals surface area contributed by atoms with Crippen LogP contribution in [0.25, 0.3) is 0 Å². The molecule has 0 N–H and O–H groups in total. The lowest BCUT2D eigenvalue weighted by Crippen LogP contribution is -1.96. The minimum atomic E-state index is -0.749. The zero-order chi connectivity index (χ0) is 15.2. The Morgan fingerprint density at radius 2 is 1.52 bits per heavy atom. The number of aryl methyl sites for hydroxylation is 1. The van der Waals surface area contributed by atoms with E-state index in [2.05, 4.69) is 10.2 Å². The molecule has 5 heteroatoms. The number of hydrogen-bond donors (Lipinski definition) is 0. The van der Waals surface area contributed by atoms with Crippen LogP contribution in [0.2, 0.25) is 0 Å². The summed E-state index contributed by atoms with van der Waals surface area (Å²) in [5, 5.41) is 7.43. The van der Waals surface area contributed by atoms with Crippen LogP contribution in [-0.4, -0.2) is 19.5 Å². The lowest BCUT2D eigenvalue weighted by molar-refractivity contribution is 0.406. The lowest BCUT2D eigenvalue weighted by Gasteiger charge is -2.02. The van der Waals surface area contributed by atoms with Crippen molar-refractivity contribution in [3.63, 3.8) is 0 Å². The third kappa shape index (κ3) is 3.95. The Labute approximate surface area is 121 Å². The van der Waals surface area contributed by atoms with E-state index in [1.54, 1.807) is 0 Å². The number of benzene rings is 2. The Hall–Kier alpha value is -2.56. The van der Waals surface area contributed by atoms with Gasteiger partial charge in [-0.2, -0.15) is 10.2 Å². The summed E-state index contributed by atoms with van der Waals surface area (Å²) in [5.41, 5.74) is 1.74. The summed E-state index contributed by atoms with van der Waals surface area (Å²) in [6, 6.07) is 9.82. The summed E-state index contributed by atoms with van der Waals surface area (Å²) < 4.78 is 32.0. The highest BCUT2D eigenvalue weighted by atomic mass is 19.1. The van der Waals surface area contributed by atoms with Gasteiger partial charge in [0.1, 0.15) is 17.4 Å². The first-order chi connectivity index (χ1) is 10.1. The van der Waals surface area contributed by atoms with E-state index in [0.29, 0.717) is 0 Å². The van der Waals surface area contributed by atoms with Gasteiger partial charge in [0.15, 0.2) is 0 Å². The van der Waals surface area contributed by atoms with Crippen LogP contribution in [-0.2, 0) is 0 Å². The van der Waals surface area contributed by atoms with Gasteiger partial charge in [-0.15, -0.1) is 0 Å². The summed E-state index contributed by atoms with van der Waals surface area (Å²) in [5.74, 6) is -1.38. The molecule has 2 aromatic carbocycles. The Morgan fingerprint density at radius 3 is 2.10 bits per heavy atom. The van der Waals surface area contributed by atoms with Gasteiger partial charge >= 0.3 is 0 Å². The third-order valence-electron chi connectivity index (χ3n) is 2.83. The molecule has 0 heterocycles. The van der Waals surface area contributed by atoms with Crippen LogP contribution < -0.4 is 4.74 Å². The van der Waals surface area contributed by atoms with Crippen LogP contribution >= 0.6 is 0 Å². The molecule has 0 aromatic heterocycles. The number of rotatable bonds is 4. The van der Waals surface area contributed by atoms with Crippen LogP contribution in [0.5, 0.6) is 5.75 Å². The first kappa shape index (κ1) is 14.8. The van der Waals surface area contributed by atoms with E-state index in [1.165, 1.54) is 13.3 Å². The van der Waals surface area contributed by atoms with Crippen LogP contribution in [0.3, 0.4) is 0 Å². The Kier molecular flexibility index (Phi) is 4.77. The monoisotopic (exact) mass is 288 g/mol. The van der Waals surface area contributed by atoms with E-state index in [4.69, 9.17) is 4.74 Å². The lowest BCUT2D eigenvalue weighted by atomic mass is 10.2. The van der Waals surface area contributed by atoms with Gasteiger partial charge in [-0.25, -0.2) is 8.78 Å². The quantitative estimate of drug-likeness (QED) is 0.623. The maximum atomic E-state index is 13.6. The van der Waals surface area contributed by atoms with E-state index >= 15 is 0 Å². The second-order valence-electron chi connectivity index (χ2n) is 4.40. The van der Waals surface area contributed by atoms with Gasteiger partial charge in [0.2, 0.25) is 0 Å². The van der Waals surface area contributed by atoms with Gasteiger partial charge in [0.25, 0.3) is 0 Å². The Morgan fingerprint density at radius 1 is 0.952 bits per heavy atom. The first-order valence-electron chi connectivity index (χ1n) is 6.26. The van der Waals surface area contributed by atoms with Crippen molar-refractivity contribution in [3.8, 4) is 5.75 Å². The molecular weight excluding hydrogens is 274 g/mol. The van der Waals surface area contributed by atoms with E-state index < -0.39 is 11.6 Å². The molecule has 0 aliphatic carbocycles. The SMILES string of the molecule is COc1cc(F)c(C=NN=Cc2ccc(C)cc2)c(F)c1. The predicted molar refractivity (Wildman–Crippen MR) is 79.3 cm³/mol. The largest absolute Gasteiger partial charge is 0.497 e. The molecule has 0 unspecified atom stereocenters. The highest BCUT2D eigenvalue weighted by Crippen LogP contribution is 2.19. The second-order valence-corrected chi connectivity index (χ2v) is 4.40. The fraction of sp³-hybridized carbons (Fsp3) is 0.125. The fourth-order valence-electron chi connectivity index (χ4n) is 1.65. The summed E-state index contributed by atoms with van der Waals surface area (Å²) >= 11 is 0. The zero-order valence-corrected chi connectivity index (χ0v) is 11.7. The summed E-state index contributed by atoms with van der Waals surface area (Å²) in [7, 11) is 1.34. The third-order valence-corrected chi connectivity index (χ3v) is 2.83. The average Bonchev–Trinajstić information content (AvgIpc) is 2.47. The summed E-state index contributed by atoms with van der Waals surface area (Å²) in [4.78, 5) is 0. The molecule has 3 nitrogen and oxygen atoms in total. The molecule has 21 heavy (non-hydrogen) atoms. The second kappa shape index (κ2) is 6.74. The van der Waals surface area contributed by atoms with Crippen molar-refractivity contribution in [1.82, 2.24) is 0 Å². The summed E-state index contributed by atoms with van der Waals surface area (Å²) in [6.07, 6.45) is 2.55. The minimum Gasteiger partial charge on any atom is -0.497 e. The average molecular weight is 288 g/mol. The molecule has 0 aliphatic rings. The van der Waals surface area contributed by atoms with Crippen molar-refractivity contribution >= 4 is 12.4 Å². The van der Waals surface area contributed by atoms with Gasteiger partial charge < -0.3 is 4.74 Å². The van der Waals surface area contributed by atoms with Crippen molar-refractivity contribution in [2.75, 3.05) is 7.11 Å². The highest BCUT2D eigenvalue weighted by Gasteiger charge is 2.09. The first-order valence-corrected chi connectivity index (χ1v) is 6.26. The topological polar surface area (TPSA) is 34.0 Å². The molecule has 2 rings (SSSR count). The normalized spacial score (nSPS) is 11.4. The molecule has 0 fully saturated rings. The van der Waals surface area contributed by atoms with Crippen LogP contribution in [0, 0.1) is 18.6 Å². The Balaban J connectivity index is 2.13. The van der Waals surface area contributed by atoms with Gasteiger partial charge in [-0.3, -0.25) is 0 Å². The molecule has 0 saturated carbocycles. The minimum absolute atomic E-state index is 0.116. The number of halogens is 2. The van der Waals surface area contributed by atoms with Crippen molar-refractivity contribution in [2.24, 2.45) is 10.2 Å². The molecule has 0 amide bonds. The van der Waals surface area contributed by atoms with E-state index in [1.807, 2.05) is 31.2 Å². The fourth-order valence-corrected chi connectivity index (χ4v) is 1.65. The number of ether oxygens (including phenoxy) is 1. The molecule has 2 aromatic rings. The maximum Gasteiger partial charge on any atom is 0.138 e. The van der Waals surface area contributed by atoms with Crippen molar-refractivity contribution in [1.29, 1.82) is 0 Å². The molecule has 0 radical (unpaired) electrons. The van der Waals surface area contributed by atoms with Crippen LogP contribution in [0.4, 0.5) is 8.78 Å². The number of hydrogen-bond acceptors (Lipinski definition) is 3. The standard InChI is InChI=1S/C16H14F2N2O/c1-11-3-5-12(6-4-11)9-19-20-10-14-15(17)7-13(21-2)8-16(14)18/h3-10H,1-2H3. The molecule has 0 aliphatic heterocycles. The van der Waals surface area contributed by atoms with Crippen molar-refractivity contribution < 1.29 is 13.5 Å². The molecule has 108 valence electrons. The number of nitrogens with zero attached hydrogens (tertiary/aromatic N) is 2. The molecule has 0 saturated heterocycles. The van der Waals surface area contributed by atoms with Gasteiger partial charge in [0, 0.05) is 12.1 Å². The van der Waals surface area contributed by atoms with Crippen LogP contribution in [0.15, 0.2) is 46.6 Å². The molecular formula is C16H14F2N2O. The van der Waals surface area contributed by atoms with E-state index in [0.717, 1.165) is 29.5 Å². The predicted octanol–water partition coefficient (Wildman–Crippen LogP) is 3.73. The van der Waals surface area contributed by atoms with E-state index in [-0.39, 0.29) is 11.3 Å². The van der Waals surface area contributed by atoms with Crippen LogP contribution in [0.1, 0.15) is 16.7 Å². The summed E-state index contributed by atoms with van der Waals surface area (Å²) in [6.45, 7) is 1.98. The molecule has 0 atom stereocenters. The Bertz CT molecular complexity index is 656. The maximum absolute atomic E-state index is 13.6. The number of methoxy groups -OCH3 is 1. The molecule has 0 bridgehead atoms. The van der Waals surface area contributed by atoms with E-state index in [9.17, 15) is 8.78 Å². The van der Waals surface area contributed by atoms with Crippen molar-refractivity contribution in [3.05, 3.63) is 64.7 Å². The van der Waals surface area contributed by atoms with Gasteiger partial charge in [-0.05, 0) is 12.5 Å².